The number of aromatic nitrogens is 3. The molecule has 0 atom stereocenters. The van der Waals surface area contributed by atoms with E-state index < -0.39 is 0 Å². The minimum absolute atomic E-state index is 0.0742. The Labute approximate surface area is 195 Å². The summed E-state index contributed by atoms with van der Waals surface area (Å²) in [6.45, 7) is 3.14. The van der Waals surface area contributed by atoms with Crippen LogP contribution in [0.3, 0.4) is 0 Å². The van der Waals surface area contributed by atoms with Crippen molar-refractivity contribution in [1.29, 1.82) is 0 Å². The maximum atomic E-state index is 13.3. The normalized spacial score (nSPS) is 15.3. The van der Waals surface area contributed by atoms with Crippen molar-refractivity contribution in [2.24, 2.45) is 0 Å². The van der Waals surface area contributed by atoms with Gasteiger partial charge in [0.2, 0.25) is 11.6 Å². The third kappa shape index (κ3) is 3.26. The third-order valence-corrected chi connectivity index (χ3v) is 6.38. The van der Waals surface area contributed by atoms with Crippen molar-refractivity contribution >= 4 is 34.1 Å². The summed E-state index contributed by atoms with van der Waals surface area (Å²) < 4.78 is 5.24. The summed E-state index contributed by atoms with van der Waals surface area (Å²) in [4.78, 5) is 44.3. The smallest absolute Gasteiger partial charge is 0.232 e. The van der Waals surface area contributed by atoms with Crippen molar-refractivity contribution in [1.82, 2.24) is 15.0 Å². The fourth-order valence-electron chi connectivity index (χ4n) is 4.52. The van der Waals surface area contributed by atoms with E-state index in [4.69, 9.17) is 4.74 Å². The number of pyridine rings is 1. The van der Waals surface area contributed by atoms with Crippen molar-refractivity contribution in [3.63, 3.8) is 0 Å². The van der Waals surface area contributed by atoms with Crippen LogP contribution in [-0.2, 0) is 0 Å². The molecule has 0 radical (unpaired) electrons. The molecule has 0 unspecified atom stereocenters. The summed E-state index contributed by atoms with van der Waals surface area (Å²) in [5.74, 6) is 0.846. The van der Waals surface area contributed by atoms with Gasteiger partial charge in [0.25, 0.3) is 0 Å². The average molecular weight is 451 g/mol. The Hall–Kier alpha value is -4.33. The second kappa shape index (κ2) is 7.91. The molecule has 8 nitrogen and oxygen atoms in total. The molecule has 1 aliphatic heterocycles. The number of carbonyl (C=O) groups excluding carboxylic acids is 2. The van der Waals surface area contributed by atoms with Crippen molar-refractivity contribution in [2.45, 2.75) is 0 Å². The van der Waals surface area contributed by atoms with Gasteiger partial charge < -0.3 is 14.5 Å². The maximum Gasteiger partial charge on any atom is 0.232 e. The minimum atomic E-state index is -0.360. The topological polar surface area (TPSA) is 88.5 Å². The highest BCUT2D eigenvalue weighted by Gasteiger charge is 2.35. The predicted molar refractivity (Wildman–Crippen MR) is 128 cm³/mol. The highest BCUT2D eigenvalue weighted by molar-refractivity contribution is 6.26. The van der Waals surface area contributed by atoms with Crippen LogP contribution in [-0.4, -0.2) is 59.8 Å². The first-order chi connectivity index (χ1) is 16.6. The summed E-state index contributed by atoms with van der Waals surface area (Å²) in [5, 5.41) is 0. The lowest BCUT2D eigenvalue weighted by Crippen LogP contribution is -2.47. The van der Waals surface area contributed by atoms with Crippen LogP contribution in [0.15, 0.2) is 60.7 Å². The zero-order valence-electron chi connectivity index (χ0n) is 18.6. The molecule has 168 valence electrons. The van der Waals surface area contributed by atoms with Crippen LogP contribution < -0.4 is 14.5 Å². The second-order valence-corrected chi connectivity index (χ2v) is 8.31. The van der Waals surface area contributed by atoms with E-state index >= 15 is 0 Å². The van der Waals surface area contributed by atoms with E-state index in [-0.39, 0.29) is 34.2 Å². The quantitative estimate of drug-likeness (QED) is 0.413. The Morgan fingerprint density at radius 3 is 1.94 bits per heavy atom. The number of hydrogen-bond acceptors (Lipinski definition) is 8. The van der Waals surface area contributed by atoms with Crippen LogP contribution in [0, 0.1) is 0 Å². The largest absolute Gasteiger partial charge is 0.497 e. The van der Waals surface area contributed by atoms with E-state index in [2.05, 4.69) is 36.9 Å². The summed E-state index contributed by atoms with van der Waals surface area (Å²) in [6.07, 6.45) is 0. The SMILES string of the molecule is COc1ccc(N2CCN(c3ccc4c(n3)C(=O)c3nc5ccccc5nc3C4=O)CC2)cc1. The molecule has 8 heteroatoms. The number of hydrogen-bond donors (Lipinski definition) is 0. The fraction of sp³-hybridized carbons (Fsp3) is 0.192. The first-order valence-corrected chi connectivity index (χ1v) is 11.1. The molecular weight excluding hydrogens is 430 g/mol. The van der Waals surface area contributed by atoms with Gasteiger partial charge in [0.15, 0.2) is 0 Å². The number of anilines is 2. The summed E-state index contributed by atoms with van der Waals surface area (Å²) in [7, 11) is 1.66. The van der Waals surface area contributed by atoms with Crippen LogP contribution in [0.25, 0.3) is 11.0 Å². The van der Waals surface area contributed by atoms with Gasteiger partial charge in [-0.2, -0.15) is 0 Å². The molecule has 0 bridgehead atoms. The van der Waals surface area contributed by atoms with Gasteiger partial charge in [0.05, 0.1) is 23.7 Å². The molecule has 1 saturated heterocycles. The zero-order chi connectivity index (χ0) is 23.2. The zero-order valence-corrected chi connectivity index (χ0v) is 18.6. The number of para-hydroxylation sites is 2. The van der Waals surface area contributed by atoms with Gasteiger partial charge in [0.1, 0.15) is 28.6 Å². The summed E-state index contributed by atoms with van der Waals surface area (Å²) >= 11 is 0. The molecule has 0 spiro atoms. The number of nitrogens with zero attached hydrogens (tertiary/aromatic N) is 5. The van der Waals surface area contributed by atoms with E-state index in [1.807, 2.05) is 30.3 Å². The Kier molecular flexibility index (Phi) is 4.72. The van der Waals surface area contributed by atoms with Gasteiger partial charge >= 0.3 is 0 Å². The lowest BCUT2D eigenvalue weighted by atomic mass is 9.93. The van der Waals surface area contributed by atoms with Crippen molar-refractivity contribution in [3.8, 4) is 5.75 Å². The lowest BCUT2D eigenvalue weighted by Gasteiger charge is -2.37. The number of methoxy groups -OCH3 is 1. The van der Waals surface area contributed by atoms with Crippen LogP contribution >= 0.6 is 0 Å². The number of ketones is 2. The van der Waals surface area contributed by atoms with E-state index in [0.29, 0.717) is 16.9 Å². The highest BCUT2D eigenvalue weighted by atomic mass is 16.5. The summed E-state index contributed by atoms with van der Waals surface area (Å²) in [6, 6.07) is 18.7. The van der Waals surface area contributed by atoms with E-state index in [0.717, 1.165) is 37.6 Å². The molecule has 2 aromatic heterocycles. The summed E-state index contributed by atoms with van der Waals surface area (Å²) in [5.41, 5.74) is 2.91. The fourth-order valence-corrected chi connectivity index (χ4v) is 4.52. The highest BCUT2D eigenvalue weighted by Crippen LogP contribution is 2.28. The van der Waals surface area contributed by atoms with Gasteiger partial charge in [0, 0.05) is 31.9 Å². The maximum absolute atomic E-state index is 13.3. The number of carbonyl (C=O) groups is 2. The number of piperazine rings is 1. The van der Waals surface area contributed by atoms with E-state index in [9.17, 15) is 9.59 Å². The molecule has 0 N–H and O–H groups in total. The molecular formula is C26H21N5O3. The molecule has 2 aromatic carbocycles. The molecule has 34 heavy (non-hydrogen) atoms. The van der Waals surface area contributed by atoms with Crippen molar-refractivity contribution < 1.29 is 14.3 Å². The Balaban J connectivity index is 1.26. The third-order valence-electron chi connectivity index (χ3n) is 6.38. The average Bonchev–Trinajstić information content (AvgIpc) is 2.91. The van der Waals surface area contributed by atoms with Crippen molar-refractivity contribution in [2.75, 3.05) is 43.1 Å². The van der Waals surface area contributed by atoms with Gasteiger partial charge in [-0.1, -0.05) is 12.1 Å². The Morgan fingerprint density at radius 2 is 1.29 bits per heavy atom. The Bertz CT molecular complexity index is 1440. The molecule has 3 heterocycles. The lowest BCUT2D eigenvalue weighted by molar-refractivity contribution is 0.0968. The second-order valence-electron chi connectivity index (χ2n) is 8.31. The van der Waals surface area contributed by atoms with Gasteiger partial charge in [-0.25, -0.2) is 15.0 Å². The first kappa shape index (κ1) is 20.3. The number of rotatable bonds is 3. The molecule has 6 rings (SSSR count). The standard InChI is InChI=1S/C26H21N5O3/c1-34-17-8-6-16(7-9-17)30-12-14-31(15-13-30)21-11-10-18-22(29-21)26(33)24-23(25(18)32)27-19-4-2-3-5-20(19)28-24/h2-11H,12-15H2,1H3. The number of fused-ring (bicyclic) bond motifs is 3. The molecule has 1 aliphatic carbocycles. The Morgan fingerprint density at radius 1 is 0.676 bits per heavy atom. The van der Waals surface area contributed by atoms with Crippen LogP contribution in [0.1, 0.15) is 32.2 Å². The van der Waals surface area contributed by atoms with E-state index in [1.165, 1.54) is 0 Å². The van der Waals surface area contributed by atoms with Crippen LogP contribution in [0.5, 0.6) is 5.75 Å². The monoisotopic (exact) mass is 451 g/mol. The molecule has 0 amide bonds. The van der Waals surface area contributed by atoms with Gasteiger partial charge in [-0.05, 0) is 48.5 Å². The first-order valence-electron chi connectivity index (χ1n) is 11.1. The minimum Gasteiger partial charge on any atom is -0.497 e. The van der Waals surface area contributed by atoms with Crippen LogP contribution in [0.2, 0.25) is 0 Å². The van der Waals surface area contributed by atoms with Gasteiger partial charge in [-0.3, -0.25) is 9.59 Å². The predicted octanol–water partition coefficient (Wildman–Crippen LogP) is 3.14. The number of benzene rings is 2. The molecule has 2 aliphatic rings. The molecule has 1 fully saturated rings. The van der Waals surface area contributed by atoms with Crippen molar-refractivity contribution in [3.05, 3.63) is 83.3 Å². The molecule has 0 saturated carbocycles. The van der Waals surface area contributed by atoms with Crippen LogP contribution in [0.4, 0.5) is 11.5 Å². The number of ether oxygens (including phenoxy) is 1. The van der Waals surface area contributed by atoms with Gasteiger partial charge in [-0.15, -0.1) is 0 Å². The molecule has 4 aromatic rings. The van der Waals surface area contributed by atoms with E-state index in [1.54, 1.807) is 25.3 Å².